The largest absolute Gasteiger partial charge is 2.00 e. The summed E-state index contributed by atoms with van der Waals surface area (Å²) in [7, 11) is 1.70. The number of allylic oxidation sites excluding steroid dienone is 2. The molecule has 0 spiro atoms. The van der Waals surface area contributed by atoms with Crippen LogP contribution in [0.4, 0.5) is 0 Å². The van der Waals surface area contributed by atoms with Crippen molar-refractivity contribution in [2.24, 2.45) is 0 Å². The molecule has 0 radical (unpaired) electrons. The third-order valence-corrected chi connectivity index (χ3v) is 10.3. The SMILES string of the molecule is CC.CC(O)CO.CCC.CCC1=C(C)c2cc3[n-]c(cc4nc(c(C)c5cc(C)c(cc1n2)[n-]5)CC4C)c(C)c3CC.CN(C=O)CCCOC1CC(O)CC(CO)O1.[Zn+2]. The molecule has 5 unspecified atom stereocenters. The molecule has 61 heavy (non-hydrogen) atoms. The van der Waals surface area contributed by atoms with Crippen molar-refractivity contribution < 1.29 is 54.2 Å². The van der Waals surface area contributed by atoms with Crippen LogP contribution < -0.4 is 9.97 Å². The van der Waals surface area contributed by atoms with E-state index < -0.39 is 18.5 Å². The van der Waals surface area contributed by atoms with Crippen LogP contribution in [0.5, 0.6) is 0 Å². The first kappa shape index (κ1) is 55.7. The van der Waals surface area contributed by atoms with Gasteiger partial charge in [0.05, 0.1) is 49.5 Å². The molecule has 336 valence electrons. The fourth-order valence-electron chi connectivity index (χ4n) is 6.95. The zero-order valence-electron chi connectivity index (χ0n) is 39.5. The Balaban J connectivity index is 0.000000558. The van der Waals surface area contributed by atoms with Crippen molar-refractivity contribution in [1.82, 2.24) is 24.8 Å². The van der Waals surface area contributed by atoms with Crippen LogP contribution in [-0.4, -0.2) is 99.7 Å². The van der Waals surface area contributed by atoms with Crippen LogP contribution in [0, 0.1) is 20.8 Å². The average molecular weight is 900 g/mol. The second kappa shape index (κ2) is 28.4. The van der Waals surface area contributed by atoms with Crippen molar-refractivity contribution in [3.63, 3.8) is 0 Å². The molecule has 12 nitrogen and oxygen atoms in total. The number of amides is 1. The Morgan fingerprint density at radius 1 is 0.918 bits per heavy atom. The minimum Gasteiger partial charge on any atom is -0.657 e. The van der Waals surface area contributed by atoms with E-state index in [1.807, 2.05) is 13.8 Å². The van der Waals surface area contributed by atoms with Crippen LogP contribution in [0.3, 0.4) is 0 Å². The van der Waals surface area contributed by atoms with Crippen LogP contribution in [0.2, 0.25) is 0 Å². The van der Waals surface area contributed by atoms with E-state index in [0.717, 1.165) is 76.9 Å². The predicted octanol–water partition coefficient (Wildman–Crippen LogP) is 7.89. The Morgan fingerprint density at radius 2 is 1.52 bits per heavy atom. The topological polar surface area (TPSA) is 174 Å². The normalized spacial score (nSPS) is 18.4. The van der Waals surface area contributed by atoms with Gasteiger partial charge >= 0.3 is 19.5 Å². The molecule has 8 bridgehead atoms. The molecule has 0 aromatic carbocycles. The van der Waals surface area contributed by atoms with Gasteiger partial charge in [-0.1, -0.05) is 95.8 Å². The van der Waals surface area contributed by atoms with E-state index in [4.69, 9.17) is 44.7 Å². The van der Waals surface area contributed by atoms with Gasteiger partial charge in [0.2, 0.25) is 6.41 Å². The Bertz CT molecular complexity index is 1970. The maximum atomic E-state index is 10.3. The summed E-state index contributed by atoms with van der Waals surface area (Å²) >= 11 is 0. The summed E-state index contributed by atoms with van der Waals surface area (Å²) in [6.45, 7) is 25.9. The van der Waals surface area contributed by atoms with Gasteiger partial charge in [0.25, 0.3) is 0 Å². The summed E-state index contributed by atoms with van der Waals surface area (Å²) in [5, 5.41) is 34.5. The summed E-state index contributed by atoms with van der Waals surface area (Å²) in [6, 6.07) is 8.71. The predicted molar refractivity (Wildman–Crippen MR) is 244 cm³/mol. The molecule has 1 saturated heterocycles. The molecule has 4 N–H and O–H groups in total. The number of hydrogen-bond donors (Lipinski definition) is 4. The van der Waals surface area contributed by atoms with E-state index in [1.54, 1.807) is 7.05 Å². The van der Waals surface area contributed by atoms with Crippen LogP contribution in [-0.2, 0) is 46.6 Å². The summed E-state index contributed by atoms with van der Waals surface area (Å²) in [6.07, 6.45) is 4.59. The van der Waals surface area contributed by atoms with Gasteiger partial charge in [0.15, 0.2) is 6.29 Å². The van der Waals surface area contributed by atoms with E-state index in [9.17, 15) is 9.90 Å². The van der Waals surface area contributed by atoms with Crippen LogP contribution >= 0.6 is 0 Å². The quantitative estimate of drug-likeness (QED) is 0.0886. The first-order valence-electron chi connectivity index (χ1n) is 21.9. The molecule has 6 rings (SSSR count). The second-order valence-corrected chi connectivity index (χ2v) is 15.6. The summed E-state index contributed by atoms with van der Waals surface area (Å²) in [5.41, 5.74) is 15.8. The molecule has 13 heteroatoms. The van der Waals surface area contributed by atoms with Crippen LogP contribution in [0.1, 0.15) is 145 Å². The minimum absolute atomic E-state index is 0. The number of carbonyl (C=O) groups is 1. The fraction of sp³-hybridized carbons (Fsp3) is 0.604. The van der Waals surface area contributed by atoms with Crippen molar-refractivity contribution >= 4 is 39.6 Å². The third-order valence-electron chi connectivity index (χ3n) is 10.3. The molecule has 3 aliphatic heterocycles. The molecular formula is C48H75N5O7Zn. The van der Waals surface area contributed by atoms with Crippen molar-refractivity contribution in [2.45, 2.75) is 159 Å². The number of aliphatic hydroxyl groups is 4. The zero-order valence-corrected chi connectivity index (χ0v) is 42.5. The zero-order chi connectivity index (χ0) is 45.1. The van der Waals surface area contributed by atoms with Crippen LogP contribution in [0.25, 0.3) is 33.2 Å². The van der Waals surface area contributed by atoms with E-state index in [-0.39, 0.29) is 38.8 Å². The monoisotopic (exact) mass is 897 g/mol. The number of ether oxygens (including phenoxy) is 2. The number of aromatic nitrogens is 4. The molecule has 5 atom stereocenters. The van der Waals surface area contributed by atoms with Gasteiger partial charge in [-0.15, -0.1) is 22.1 Å². The van der Waals surface area contributed by atoms with Gasteiger partial charge in [-0.3, -0.25) is 9.78 Å². The van der Waals surface area contributed by atoms with Crippen molar-refractivity contribution in [2.75, 3.05) is 33.4 Å². The molecule has 0 saturated carbocycles. The van der Waals surface area contributed by atoms with Crippen molar-refractivity contribution in [3.05, 3.63) is 69.3 Å². The Labute approximate surface area is 378 Å². The molecule has 3 aliphatic rings. The van der Waals surface area contributed by atoms with Gasteiger partial charge in [-0.2, -0.15) is 0 Å². The maximum absolute atomic E-state index is 10.3. The van der Waals surface area contributed by atoms with Gasteiger partial charge in [-0.25, -0.2) is 4.98 Å². The standard InChI is InChI=1S/C29H32N4.C11H21NO5.C3H8O2.C3H8.C2H6.Zn/c1-8-20-18(6)27-14-29-21(9-2)17(5)26(32-29)12-22-15(3)10-24(30-22)19(7)25-11-16(4)23(31-25)13-28(20)33-27;1-12(8-14)3-2-4-16-11-6-9(15)5-10(7-13)17-11;1-3(5)2-4;1-3-2;1-2;/h11-15H,8-10H2,1-7H3;8-11,13,15H,2-7H2,1H3;3-5H,2H2,1H3;3H2,1-2H3;1-2H3;/q-2;;;;;+2. The first-order chi connectivity index (χ1) is 28.6. The molecule has 6 heterocycles. The maximum Gasteiger partial charge on any atom is 2.00 e. The van der Waals surface area contributed by atoms with Gasteiger partial charge in [0.1, 0.15) is 0 Å². The molecule has 0 aliphatic carbocycles. The van der Waals surface area contributed by atoms with Gasteiger partial charge < -0.3 is 44.8 Å². The molecule has 3 aromatic rings. The number of aliphatic hydroxyl groups excluding tert-OH is 4. The van der Waals surface area contributed by atoms with Crippen LogP contribution in [0.15, 0.2) is 24.3 Å². The minimum atomic E-state index is -0.560. The number of nitrogens with zero attached hydrogens (tertiary/aromatic N) is 5. The third kappa shape index (κ3) is 16.4. The van der Waals surface area contributed by atoms with E-state index >= 15 is 0 Å². The molecule has 1 amide bonds. The number of carbonyl (C=O) groups excluding carboxylic acids is 1. The van der Waals surface area contributed by atoms with Gasteiger partial charge in [-0.05, 0) is 77.0 Å². The fourth-order valence-corrected chi connectivity index (χ4v) is 6.95. The Hall–Kier alpha value is -3.29. The van der Waals surface area contributed by atoms with Gasteiger partial charge in [0, 0.05) is 43.7 Å². The second-order valence-electron chi connectivity index (χ2n) is 15.6. The van der Waals surface area contributed by atoms with E-state index in [1.165, 1.54) is 51.6 Å². The number of rotatable bonds is 10. The summed E-state index contributed by atoms with van der Waals surface area (Å²) in [4.78, 5) is 32.0. The van der Waals surface area contributed by atoms with Crippen molar-refractivity contribution in [1.29, 1.82) is 0 Å². The Morgan fingerprint density at radius 3 is 2.10 bits per heavy atom. The summed E-state index contributed by atoms with van der Waals surface area (Å²) < 4.78 is 10.9. The van der Waals surface area contributed by atoms with Crippen molar-refractivity contribution in [3.8, 4) is 0 Å². The summed E-state index contributed by atoms with van der Waals surface area (Å²) in [5.74, 6) is 0.370. The molecule has 3 aromatic heterocycles. The number of aryl methyl sites for hydroxylation is 4. The number of hydrogen-bond acceptors (Lipinski definition) is 9. The van der Waals surface area contributed by atoms with E-state index in [0.29, 0.717) is 31.9 Å². The first-order valence-corrected chi connectivity index (χ1v) is 21.9. The number of fused-ring (bicyclic) bond motifs is 8. The van der Waals surface area contributed by atoms with E-state index in [2.05, 4.69) is 86.6 Å². The smallest absolute Gasteiger partial charge is 0.657 e. The molecular weight excluding hydrogens is 824 g/mol. The molecule has 1 fully saturated rings. The average Bonchev–Trinajstić information content (AvgIpc) is 3.96. The Kier molecular flexibility index (Phi) is 26.0.